The monoisotopic (exact) mass is 327 g/mol. The van der Waals surface area contributed by atoms with Crippen LogP contribution in [0, 0.1) is 6.92 Å². The lowest BCUT2D eigenvalue weighted by atomic mass is 10.2. The highest BCUT2D eigenvalue weighted by molar-refractivity contribution is 6.31. The van der Waals surface area contributed by atoms with Crippen molar-refractivity contribution in [2.45, 2.75) is 33.1 Å². The highest BCUT2D eigenvalue weighted by atomic mass is 35.5. The summed E-state index contributed by atoms with van der Waals surface area (Å²) in [6, 6.07) is 5.43. The number of hydrogen-bond donors (Lipinski definition) is 1. The Morgan fingerprint density at radius 1 is 1.32 bits per heavy atom. The fourth-order valence-electron chi connectivity index (χ4n) is 1.97. The number of aryl methyl sites for hydroxylation is 1. The van der Waals surface area contributed by atoms with Gasteiger partial charge in [0.15, 0.2) is 0 Å². The van der Waals surface area contributed by atoms with Gasteiger partial charge in [0, 0.05) is 24.5 Å². The number of carboxylic acids is 1. The lowest BCUT2D eigenvalue weighted by Gasteiger charge is -2.19. The Morgan fingerprint density at radius 2 is 2.05 bits per heavy atom. The van der Waals surface area contributed by atoms with Crippen LogP contribution in [0.1, 0.15) is 31.7 Å². The van der Waals surface area contributed by atoms with Crippen LogP contribution in [-0.4, -0.2) is 41.6 Å². The van der Waals surface area contributed by atoms with Crippen LogP contribution < -0.4 is 4.74 Å². The molecule has 5 nitrogen and oxygen atoms in total. The summed E-state index contributed by atoms with van der Waals surface area (Å²) < 4.78 is 5.58. The quantitative estimate of drug-likeness (QED) is 0.708. The fourth-order valence-corrected chi connectivity index (χ4v) is 2.09. The average Bonchev–Trinajstić information content (AvgIpc) is 2.47. The highest BCUT2D eigenvalue weighted by Crippen LogP contribution is 2.21. The van der Waals surface area contributed by atoms with Crippen molar-refractivity contribution in [1.29, 1.82) is 0 Å². The van der Waals surface area contributed by atoms with Gasteiger partial charge < -0.3 is 14.7 Å². The first-order chi connectivity index (χ1) is 10.4. The van der Waals surface area contributed by atoms with Crippen molar-refractivity contribution < 1.29 is 19.4 Å². The predicted molar refractivity (Wildman–Crippen MR) is 85.4 cm³/mol. The minimum atomic E-state index is -0.896. The Balaban J connectivity index is 2.31. The lowest BCUT2D eigenvalue weighted by molar-refractivity contribution is -0.138. The summed E-state index contributed by atoms with van der Waals surface area (Å²) in [7, 11) is 0. The minimum absolute atomic E-state index is 0.0276. The molecule has 1 aromatic rings. The van der Waals surface area contributed by atoms with E-state index in [1.54, 1.807) is 17.0 Å². The maximum atomic E-state index is 12.0. The summed E-state index contributed by atoms with van der Waals surface area (Å²) in [5, 5.41) is 9.35. The first kappa shape index (κ1) is 18.3. The molecule has 6 heteroatoms. The molecule has 22 heavy (non-hydrogen) atoms. The molecule has 1 rings (SSSR count). The van der Waals surface area contributed by atoms with Crippen LogP contribution in [0.15, 0.2) is 18.2 Å². The molecule has 0 aromatic heterocycles. The zero-order valence-corrected chi connectivity index (χ0v) is 13.7. The molecular formula is C16H22ClNO4. The van der Waals surface area contributed by atoms with E-state index in [0.29, 0.717) is 31.0 Å². The number of halogens is 1. The predicted octanol–water partition coefficient (Wildman–Crippen LogP) is 3.13. The van der Waals surface area contributed by atoms with E-state index in [2.05, 4.69) is 0 Å². The van der Waals surface area contributed by atoms with Gasteiger partial charge in [-0.1, -0.05) is 11.6 Å². The maximum absolute atomic E-state index is 12.0. The molecule has 0 fully saturated rings. The van der Waals surface area contributed by atoms with Crippen molar-refractivity contribution in [3.05, 3.63) is 28.8 Å². The van der Waals surface area contributed by atoms with Crippen LogP contribution in [0.4, 0.5) is 0 Å². The molecular weight excluding hydrogens is 306 g/mol. The fraction of sp³-hybridized carbons (Fsp3) is 0.500. The third-order valence-corrected chi connectivity index (χ3v) is 3.69. The Labute approximate surface area is 135 Å². The minimum Gasteiger partial charge on any atom is -0.494 e. The number of carbonyl (C=O) groups excluding carboxylic acids is 1. The van der Waals surface area contributed by atoms with Gasteiger partial charge in [0.25, 0.3) is 0 Å². The second kappa shape index (κ2) is 9.30. The molecule has 0 heterocycles. The van der Waals surface area contributed by atoms with Crippen molar-refractivity contribution in [2.75, 3.05) is 19.7 Å². The average molecular weight is 328 g/mol. The number of ether oxygens (including phenoxy) is 1. The number of aliphatic carboxylic acids is 1. The van der Waals surface area contributed by atoms with Crippen molar-refractivity contribution in [3.63, 3.8) is 0 Å². The van der Waals surface area contributed by atoms with Crippen molar-refractivity contribution in [1.82, 2.24) is 4.90 Å². The summed E-state index contributed by atoms with van der Waals surface area (Å²) in [6.45, 7) is 4.95. The van der Waals surface area contributed by atoms with Gasteiger partial charge in [-0.05, 0) is 44.0 Å². The summed E-state index contributed by atoms with van der Waals surface area (Å²) in [6.07, 6.45) is 0.907. The lowest BCUT2D eigenvalue weighted by Crippen LogP contribution is -2.32. The molecule has 0 aliphatic heterocycles. The number of nitrogens with zero attached hydrogens (tertiary/aromatic N) is 1. The van der Waals surface area contributed by atoms with E-state index in [9.17, 15) is 9.59 Å². The summed E-state index contributed by atoms with van der Waals surface area (Å²) in [5.74, 6) is -0.208. The van der Waals surface area contributed by atoms with Gasteiger partial charge >= 0.3 is 5.97 Å². The molecule has 0 saturated carbocycles. The smallest absolute Gasteiger partial charge is 0.305 e. The normalized spacial score (nSPS) is 10.3. The number of carboxylic acid groups (broad SMARTS) is 1. The van der Waals surface area contributed by atoms with Crippen molar-refractivity contribution >= 4 is 23.5 Å². The molecule has 0 aliphatic carbocycles. The number of benzene rings is 1. The summed E-state index contributed by atoms with van der Waals surface area (Å²) in [4.78, 5) is 24.1. The van der Waals surface area contributed by atoms with E-state index < -0.39 is 5.97 Å². The SMILES string of the molecule is CCN(CCC(=O)O)C(=O)CCCOc1ccc(Cl)c(C)c1. The van der Waals surface area contributed by atoms with Crippen molar-refractivity contribution in [2.24, 2.45) is 0 Å². The Kier molecular flexibility index (Phi) is 7.74. The first-order valence-electron chi connectivity index (χ1n) is 7.32. The Bertz CT molecular complexity index is 519. The van der Waals surface area contributed by atoms with Gasteiger partial charge in [-0.25, -0.2) is 0 Å². The molecule has 122 valence electrons. The van der Waals surface area contributed by atoms with E-state index >= 15 is 0 Å². The third kappa shape index (κ3) is 6.35. The summed E-state index contributed by atoms with van der Waals surface area (Å²) in [5.41, 5.74) is 0.945. The molecule has 1 N–H and O–H groups in total. The largest absolute Gasteiger partial charge is 0.494 e. The zero-order chi connectivity index (χ0) is 16.5. The van der Waals surface area contributed by atoms with Crippen LogP contribution in [0.3, 0.4) is 0 Å². The van der Waals surface area contributed by atoms with Gasteiger partial charge in [-0.2, -0.15) is 0 Å². The van der Waals surface area contributed by atoms with E-state index in [0.717, 1.165) is 11.3 Å². The van der Waals surface area contributed by atoms with Gasteiger partial charge in [-0.3, -0.25) is 9.59 Å². The van der Waals surface area contributed by atoms with Crippen LogP contribution in [0.25, 0.3) is 0 Å². The van der Waals surface area contributed by atoms with Gasteiger partial charge in [0.05, 0.1) is 13.0 Å². The standard InChI is InChI=1S/C16H22ClNO4/c1-3-18(9-8-16(20)21)15(19)5-4-10-22-13-6-7-14(17)12(2)11-13/h6-7,11H,3-5,8-10H2,1-2H3,(H,20,21). The highest BCUT2D eigenvalue weighted by Gasteiger charge is 2.12. The molecule has 0 unspecified atom stereocenters. The number of hydrogen-bond acceptors (Lipinski definition) is 3. The number of carbonyl (C=O) groups is 2. The van der Waals surface area contributed by atoms with Crippen LogP contribution in [-0.2, 0) is 9.59 Å². The van der Waals surface area contributed by atoms with Crippen LogP contribution in [0.5, 0.6) is 5.75 Å². The van der Waals surface area contributed by atoms with Crippen LogP contribution in [0.2, 0.25) is 5.02 Å². The Hall–Kier alpha value is -1.75. The second-order valence-electron chi connectivity index (χ2n) is 4.98. The second-order valence-corrected chi connectivity index (χ2v) is 5.39. The maximum Gasteiger partial charge on any atom is 0.305 e. The van der Waals surface area contributed by atoms with Gasteiger partial charge in [-0.15, -0.1) is 0 Å². The van der Waals surface area contributed by atoms with E-state index in [-0.39, 0.29) is 18.9 Å². The molecule has 0 atom stereocenters. The summed E-state index contributed by atoms with van der Waals surface area (Å²) >= 11 is 5.94. The molecule has 0 saturated heterocycles. The zero-order valence-electron chi connectivity index (χ0n) is 13.0. The van der Waals surface area contributed by atoms with Gasteiger partial charge in [0.1, 0.15) is 5.75 Å². The molecule has 0 radical (unpaired) electrons. The van der Waals surface area contributed by atoms with Crippen LogP contribution >= 0.6 is 11.6 Å². The van der Waals surface area contributed by atoms with E-state index in [4.69, 9.17) is 21.4 Å². The molecule has 1 amide bonds. The molecule has 1 aromatic carbocycles. The molecule has 0 spiro atoms. The topological polar surface area (TPSA) is 66.8 Å². The molecule has 0 aliphatic rings. The van der Waals surface area contributed by atoms with E-state index in [1.165, 1.54) is 0 Å². The Morgan fingerprint density at radius 3 is 2.64 bits per heavy atom. The third-order valence-electron chi connectivity index (χ3n) is 3.26. The number of rotatable bonds is 9. The van der Waals surface area contributed by atoms with Crippen molar-refractivity contribution in [3.8, 4) is 5.75 Å². The number of amides is 1. The molecule has 0 bridgehead atoms. The van der Waals surface area contributed by atoms with E-state index in [1.807, 2.05) is 19.9 Å². The first-order valence-corrected chi connectivity index (χ1v) is 7.70. The van der Waals surface area contributed by atoms with Gasteiger partial charge in [0.2, 0.25) is 5.91 Å².